The molecule has 0 spiro atoms. The van der Waals surface area contributed by atoms with E-state index in [0.29, 0.717) is 6.42 Å². The third-order valence-electron chi connectivity index (χ3n) is 3.04. The Morgan fingerprint density at radius 1 is 1.60 bits per heavy atom. The summed E-state index contributed by atoms with van der Waals surface area (Å²) in [5, 5.41) is 2.95. The molecular formula is C12H16FNO. The molecule has 0 aromatic heterocycles. The van der Waals surface area contributed by atoms with Gasteiger partial charge in [0.15, 0.2) is 0 Å². The van der Waals surface area contributed by atoms with Gasteiger partial charge < -0.3 is 5.32 Å². The first-order valence-electron chi connectivity index (χ1n) is 5.47. The highest BCUT2D eigenvalue weighted by Gasteiger charge is 2.28. The summed E-state index contributed by atoms with van der Waals surface area (Å²) < 4.78 is 12.8. The van der Waals surface area contributed by atoms with E-state index in [1.165, 1.54) is 0 Å². The van der Waals surface area contributed by atoms with Gasteiger partial charge in [0.1, 0.15) is 6.17 Å². The summed E-state index contributed by atoms with van der Waals surface area (Å²) in [7, 11) is 0. The van der Waals surface area contributed by atoms with Gasteiger partial charge in [-0.2, -0.15) is 0 Å². The minimum atomic E-state index is -0.828. The van der Waals surface area contributed by atoms with Crippen molar-refractivity contribution >= 4 is 5.91 Å². The normalized spacial score (nSPS) is 35.2. The molecule has 2 nitrogen and oxygen atoms in total. The Kier molecular flexibility index (Phi) is 2.89. The van der Waals surface area contributed by atoms with Crippen LogP contribution in [0, 0.1) is 5.92 Å². The van der Waals surface area contributed by atoms with Gasteiger partial charge in [0.05, 0.1) is 0 Å². The molecule has 0 aromatic carbocycles. The van der Waals surface area contributed by atoms with Crippen molar-refractivity contribution in [2.75, 3.05) is 0 Å². The van der Waals surface area contributed by atoms with Crippen LogP contribution < -0.4 is 5.32 Å². The number of allylic oxidation sites excluding steroid dienone is 3. The van der Waals surface area contributed by atoms with E-state index in [0.717, 1.165) is 18.4 Å². The predicted molar refractivity (Wildman–Crippen MR) is 57.1 cm³/mol. The molecule has 1 aliphatic heterocycles. The van der Waals surface area contributed by atoms with Crippen LogP contribution in [-0.2, 0) is 4.79 Å². The first-order valence-corrected chi connectivity index (χ1v) is 5.47. The van der Waals surface area contributed by atoms with E-state index < -0.39 is 6.17 Å². The molecule has 1 unspecified atom stereocenters. The Bertz CT molecular complexity index is 322. The van der Waals surface area contributed by atoms with Gasteiger partial charge in [-0.3, -0.25) is 4.79 Å². The topological polar surface area (TPSA) is 29.1 Å². The first-order chi connectivity index (χ1) is 7.15. The predicted octanol–water partition coefficient (Wildman–Crippen LogP) is 2.13. The van der Waals surface area contributed by atoms with E-state index in [1.807, 2.05) is 19.1 Å². The minimum absolute atomic E-state index is 0.122. The molecule has 2 aliphatic rings. The van der Waals surface area contributed by atoms with Crippen molar-refractivity contribution in [2.24, 2.45) is 5.92 Å². The average Bonchev–Trinajstić information content (AvgIpc) is 2.50. The van der Waals surface area contributed by atoms with E-state index in [9.17, 15) is 9.18 Å². The second kappa shape index (κ2) is 4.17. The van der Waals surface area contributed by atoms with Gasteiger partial charge in [0.25, 0.3) is 0 Å². The molecule has 1 fully saturated rings. The van der Waals surface area contributed by atoms with E-state index in [1.54, 1.807) is 6.08 Å². The Labute approximate surface area is 89.2 Å². The Hall–Kier alpha value is -1.12. The number of hydrogen-bond donors (Lipinski definition) is 1. The summed E-state index contributed by atoms with van der Waals surface area (Å²) in [4.78, 5) is 11.3. The van der Waals surface area contributed by atoms with Crippen LogP contribution in [-0.4, -0.2) is 18.1 Å². The standard InChI is InChI=1S/C12H16FNO/c1-8-6-11(14-12(8)15)7-9-2-4-10(13)5-3-9/h2-4,8,10-11H,5-7H2,1H3,(H,14,15)/t8-,10?,11-/m1/s1. The van der Waals surface area contributed by atoms with Crippen LogP contribution in [0.1, 0.15) is 26.2 Å². The lowest BCUT2D eigenvalue weighted by Gasteiger charge is -2.14. The van der Waals surface area contributed by atoms with E-state index >= 15 is 0 Å². The molecule has 1 saturated heterocycles. The van der Waals surface area contributed by atoms with E-state index in [2.05, 4.69) is 5.32 Å². The van der Waals surface area contributed by atoms with E-state index in [-0.39, 0.29) is 17.9 Å². The maximum atomic E-state index is 12.8. The molecule has 3 atom stereocenters. The highest BCUT2D eigenvalue weighted by Crippen LogP contribution is 2.23. The molecule has 0 saturated carbocycles. The Balaban J connectivity index is 1.89. The molecule has 15 heavy (non-hydrogen) atoms. The average molecular weight is 209 g/mol. The maximum Gasteiger partial charge on any atom is 0.223 e. The van der Waals surface area contributed by atoms with Crippen LogP contribution in [0.25, 0.3) is 0 Å². The van der Waals surface area contributed by atoms with Crippen molar-refractivity contribution in [3.63, 3.8) is 0 Å². The van der Waals surface area contributed by atoms with Crippen LogP contribution in [0.4, 0.5) is 4.39 Å². The monoisotopic (exact) mass is 209 g/mol. The van der Waals surface area contributed by atoms with E-state index in [4.69, 9.17) is 0 Å². The molecule has 82 valence electrons. The molecule has 0 radical (unpaired) electrons. The lowest BCUT2D eigenvalue weighted by molar-refractivity contribution is -0.122. The fourth-order valence-electron chi connectivity index (χ4n) is 2.15. The lowest BCUT2D eigenvalue weighted by atomic mass is 9.97. The van der Waals surface area contributed by atoms with Gasteiger partial charge in [-0.1, -0.05) is 30.7 Å². The number of carbonyl (C=O) groups excluding carboxylic acids is 1. The maximum absolute atomic E-state index is 12.8. The fraction of sp³-hybridized carbons (Fsp3) is 0.583. The number of nitrogens with one attached hydrogen (secondary N) is 1. The molecule has 3 heteroatoms. The zero-order valence-corrected chi connectivity index (χ0v) is 8.87. The van der Waals surface area contributed by atoms with Crippen molar-refractivity contribution < 1.29 is 9.18 Å². The summed E-state index contributed by atoms with van der Waals surface area (Å²) in [6, 6.07) is 0.236. The molecule has 1 heterocycles. The van der Waals surface area contributed by atoms with Crippen molar-refractivity contribution in [1.29, 1.82) is 0 Å². The number of carbonyl (C=O) groups is 1. The summed E-state index contributed by atoms with van der Waals surface area (Å²) >= 11 is 0. The quantitative estimate of drug-likeness (QED) is 0.741. The molecule has 1 aliphatic carbocycles. The van der Waals surface area contributed by atoms with Crippen LogP contribution in [0.2, 0.25) is 0 Å². The van der Waals surface area contributed by atoms with Crippen molar-refractivity contribution in [3.05, 3.63) is 23.8 Å². The van der Waals surface area contributed by atoms with Crippen LogP contribution in [0.5, 0.6) is 0 Å². The first kappa shape index (κ1) is 10.4. The van der Waals surface area contributed by atoms with Gasteiger partial charge in [0, 0.05) is 18.4 Å². The third-order valence-corrected chi connectivity index (χ3v) is 3.04. The minimum Gasteiger partial charge on any atom is -0.353 e. The molecule has 1 N–H and O–H groups in total. The zero-order valence-electron chi connectivity index (χ0n) is 8.87. The van der Waals surface area contributed by atoms with Gasteiger partial charge >= 0.3 is 0 Å². The summed E-state index contributed by atoms with van der Waals surface area (Å²) in [6.07, 6.45) is 6.73. The van der Waals surface area contributed by atoms with Crippen LogP contribution in [0.3, 0.4) is 0 Å². The molecule has 0 bridgehead atoms. The lowest BCUT2D eigenvalue weighted by Crippen LogP contribution is -2.26. The molecule has 0 aromatic rings. The number of alkyl halides is 1. The van der Waals surface area contributed by atoms with Crippen molar-refractivity contribution in [2.45, 2.75) is 38.4 Å². The number of rotatable bonds is 2. The zero-order chi connectivity index (χ0) is 10.8. The van der Waals surface area contributed by atoms with Gasteiger partial charge in [-0.05, 0) is 12.8 Å². The van der Waals surface area contributed by atoms with Crippen LogP contribution >= 0.6 is 0 Å². The summed E-state index contributed by atoms with van der Waals surface area (Å²) in [5.74, 6) is 0.265. The summed E-state index contributed by atoms with van der Waals surface area (Å²) in [6.45, 7) is 1.94. The fourth-order valence-corrected chi connectivity index (χ4v) is 2.15. The van der Waals surface area contributed by atoms with Gasteiger partial charge in [0.2, 0.25) is 5.91 Å². The Morgan fingerprint density at radius 3 is 2.93 bits per heavy atom. The SMILES string of the molecule is C[C@@H]1C[C@H](CC2=CCC(F)C=C2)NC1=O. The highest BCUT2D eigenvalue weighted by atomic mass is 19.1. The second-order valence-corrected chi connectivity index (χ2v) is 4.44. The highest BCUT2D eigenvalue weighted by molar-refractivity contribution is 5.80. The Morgan fingerprint density at radius 2 is 2.40 bits per heavy atom. The number of hydrogen-bond acceptors (Lipinski definition) is 1. The number of amides is 1. The van der Waals surface area contributed by atoms with Crippen molar-refractivity contribution in [3.8, 4) is 0 Å². The molecule has 2 rings (SSSR count). The molecule has 1 amide bonds. The smallest absolute Gasteiger partial charge is 0.223 e. The second-order valence-electron chi connectivity index (χ2n) is 4.44. The summed E-state index contributed by atoms with van der Waals surface area (Å²) in [5.41, 5.74) is 1.14. The van der Waals surface area contributed by atoms with Crippen LogP contribution in [0.15, 0.2) is 23.8 Å². The van der Waals surface area contributed by atoms with Crippen molar-refractivity contribution in [1.82, 2.24) is 5.32 Å². The van der Waals surface area contributed by atoms with Gasteiger partial charge in [-0.15, -0.1) is 0 Å². The van der Waals surface area contributed by atoms with Gasteiger partial charge in [-0.25, -0.2) is 4.39 Å². The molecular weight excluding hydrogens is 193 g/mol. The largest absolute Gasteiger partial charge is 0.353 e. The number of halogens is 1. The third kappa shape index (κ3) is 2.46.